The number of nitrogens with zero attached hydrogens (tertiary/aromatic N) is 3. The van der Waals surface area contributed by atoms with Crippen LogP contribution in [0, 0.1) is 0 Å². The normalized spacial score (nSPS) is 16.7. The highest BCUT2D eigenvalue weighted by molar-refractivity contribution is 5.81. The van der Waals surface area contributed by atoms with Crippen molar-refractivity contribution in [3.63, 3.8) is 0 Å². The van der Waals surface area contributed by atoms with Crippen LogP contribution in [0.15, 0.2) is 35.1 Å². The molecule has 2 aromatic rings. The molecule has 0 unspecified atom stereocenters. The van der Waals surface area contributed by atoms with Gasteiger partial charge in [-0.05, 0) is 44.0 Å². The van der Waals surface area contributed by atoms with Gasteiger partial charge in [0.1, 0.15) is 5.75 Å². The monoisotopic (exact) mass is 315 g/mol. The third kappa shape index (κ3) is 3.88. The molecule has 1 aliphatic heterocycles. The van der Waals surface area contributed by atoms with Crippen molar-refractivity contribution in [2.45, 2.75) is 38.7 Å². The Morgan fingerprint density at radius 1 is 1.17 bits per heavy atom. The molecule has 6 nitrogen and oxygen atoms in total. The summed E-state index contributed by atoms with van der Waals surface area (Å²) in [4.78, 5) is 14.4. The Kier molecular flexibility index (Phi) is 4.90. The standard InChI is InChI=1S/C17H21N3O3/c1-13(17(21)20-10-4-2-3-5-11-20)23-15-8-6-14(7-9-15)16-19-18-12-22-16/h6-9,12-13H,2-5,10-11H2,1H3/t13-/m1/s1. The predicted molar refractivity (Wildman–Crippen MR) is 84.9 cm³/mol. The first-order valence-corrected chi connectivity index (χ1v) is 8.06. The van der Waals surface area contributed by atoms with E-state index in [-0.39, 0.29) is 5.91 Å². The van der Waals surface area contributed by atoms with Gasteiger partial charge in [-0.25, -0.2) is 0 Å². The molecule has 1 atom stereocenters. The fraction of sp³-hybridized carbons (Fsp3) is 0.471. The molecule has 6 heteroatoms. The Labute approximate surface area is 135 Å². The fourth-order valence-electron chi connectivity index (χ4n) is 2.78. The topological polar surface area (TPSA) is 68.5 Å². The van der Waals surface area contributed by atoms with Gasteiger partial charge in [-0.2, -0.15) is 0 Å². The third-order valence-electron chi connectivity index (χ3n) is 4.04. The Balaban J connectivity index is 1.60. The molecule has 0 aliphatic carbocycles. The third-order valence-corrected chi connectivity index (χ3v) is 4.04. The first kappa shape index (κ1) is 15.5. The van der Waals surface area contributed by atoms with Crippen molar-refractivity contribution in [2.24, 2.45) is 0 Å². The maximum absolute atomic E-state index is 12.5. The summed E-state index contributed by atoms with van der Waals surface area (Å²) in [6.07, 6.45) is 5.38. The van der Waals surface area contributed by atoms with Crippen molar-refractivity contribution in [1.82, 2.24) is 15.1 Å². The van der Waals surface area contributed by atoms with Crippen LogP contribution in [-0.4, -0.2) is 40.2 Å². The minimum absolute atomic E-state index is 0.0628. The summed E-state index contributed by atoms with van der Waals surface area (Å²) in [7, 11) is 0. The number of amides is 1. The van der Waals surface area contributed by atoms with Gasteiger partial charge in [0, 0.05) is 18.7 Å². The lowest BCUT2D eigenvalue weighted by molar-refractivity contribution is -0.137. The minimum Gasteiger partial charge on any atom is -0.481 e. The molecule has 1 aliphatic rings. The summed E-state index contributed by atoms with van der Waals surface area (Å²) in [5, 5.41) is 7.51. The highest BCUT2D eigenvalue weighted by Gasteiger charge is 2.22. The SMILES string of the molecule is C[C@@H](Oc1ccc(-c2nnco2)cc1)C(=O)N1CCCCCC1. The molecule has 122 valence electrons. The van der Waals surface area contributed by atoms with E-state index in [9.17, 15) is 4.79 Å². The van der Waals surface area contributed by atoms with Crippen LogP contribution < -0.4 is 4.74 Å². The van der Waals surface area contributed by atoms with Crippen molar-refractivity contribution in [1.29, 1.82) is 0 Å². The second-order valence-corrected chi connectivity index (χ2v) is 5.77. The number of hydrogen-bond acceptors (Lipinski definition) is 5. The first-order chi connectivity index (χ1) is 11.2. The molecule has 0 bridgehead atoms. The maximum Gasteiger partial charge on any atom is 0.263 e. The molecule has 0 spiro atoms. The quantitative estimate of drug-likeness (QED) is 0.867. The fourth-order valence-corrected chi connectivity index (χ4v) is 2.78. The lowest BCUT2D eigenvalue weighted by Gasteiger charge is -2.24. The van der Waals surface area contributed by atoms with Crippen molar-refractivity contribution < 1.29 is 13.9 Å². The van der Waals surface area contributed by atoms with Gasteiger partial charge in [-0.1, -0.05) is 12.8 Å². The summed E-state index contributed by atoms with van der Waals surface area (Å²) in [6, 6.07) is 7.30. The Morgan fingerprint density at radius 2 is 1.87 bits per heavy atom. The zero-order chi connectivity index (χ0) is 16.1. The Hall–Kier alpha value is -2.37. The van der Waals surface area contributed by atoms with Gasteiger partial charge in [0.05, 0.1) is 0 Å². The zero-order valence-electron chi connectivity index (χ0n) is 13.3. The van der Waals surface area contributed by atoms with E-state index in [1.807, 2.05) is 29.2 Å². The number of likely N-dealkylation sites (tertiary alicyclic amines) is 1. The van der Waals surface area contributed by atoms with Crippen LogP contribution in [0.5, 0.6) is 5.75 Å². The van der Waals surface area contributed by atoms with Gasteiger partial charge in [-0.3, -0.25) is 4.79 Å². The number of benzene rings is 1. The van der Waals surface area contributed by atoms with E-state index in [1.54, 1.807) is 6.92 Å². The van der Waals surface area contributed by atoms with Gasteiger partial charge >= 0.3 is 0 Å². The number of rotatable bonds is 4. The van der Waals surface area contributed by atoms with E-state index in [0.717, 1.165) is 31.5 Å². The van der Waals surface area contributed by atoms with Crippen LogP contribution in [0.3, 0.4) is 0 Å². The highest BCUT2D eigenvalue weighted by Crippen LogP contribution is 2.21. The summed E-state index contributed by atoms with van der Waals surface area (Å²) in [5.41, 5.74) is 0.821. The van der Waals surface area contributed by atoms with Crippen molar-refractivity contribution in [3.8, 4) is 17.2 Å². The van der Waals surface area contributed by atoms with Gasteiger partial charge in [0.2, 0.25) is 12.3 Å². The van der Waals surface area contributed by atoms with Gasteiger partial charge in [0.25, 0.3) is 5.91 Å². The lowest BCUT2D eigenvalue weighted by Crippen LogP contribution is -2.40. The number of hydrogen-bond donors (Lipinski definition) is 0. The van der Waals surface area contributed by atoms with Gasteiger partial charge in [-0.15, -0.1) is 10.2 Å². The molecule has 0 N–H and O–H groups in total. The lowest BCUT2D eigenvalue weighted by atomic mass is 10.2. The molecule has 23 heavy (non-hydrogen) atoms. The van der Waals surface area contributed by atoms with Crippen LogP contribution in [0.25, 0.3) is 11.5 Å². The molecule has 0 radical (unpaired) electrons. The Morgan fingerprint density at radius 3 is 2.48 bits per heavy atom. The van der Waals surface area contributed by atoms with Crippen LogP contribution >= 0.6 is 0 Å². The van der Waals surface area contributed by atoms with Crippen molar-refractivity contribution >= 4 is 5.91 Å². The second-order valence-electron chi connectivity index (χ2n) is 5.77. The van der Waals surface area contributed by atoms with E-state index >= 15 is 0 Å². The molecule has 1 saturated heterocycles. The summed E-state index contributed by atoms with van der Waals surface area (Å²) >= 11 is 0. The molecular formula is C17H21N3O3. The van der Waals surface area contributed by atoms with Crippen molar-refractivity contribution in [3.05, 3.63) is 30.7 Å². The van der Waals surface area contributed by atoms with E-state index < -0.39 is 6.10 Å². The molecule has 0 saturated carbocycles. The van der Waals surface area contributed by atoms with E-state index in [4.69, 9.17) is 9.15 Å². The maximum atomic E-state index is 12.5. The minimum atomic E-state index is -0.484. The van der Waals surface area contributed by atoms with E-state index in [0.29, 0.717) is 11.6 Å². The Bertz CT molecular complexity index is 617. The molecule has 1 aromatic heterocycles. The van der Waals surface area contributed by atoms with Crippen LogP contribution in [-0.2, 0) is 4.79 Å². The van der Waals surface area contributed by atoms with Gasteiger partial charge < -0.3 is 14.1 Å². The summed E-state index contributed by atoms with van der Waals surface area (Å²) in [5.74, 6) is 1.18. The molecule has 1 aromatic carbocycles. The molecular weight excluding hydrogens is 294 g/mol. The average Bonchev–Trinajstić information content (AvgIpc) is 2.97. The second kappa shape index (κ2) is 7.26. The van der Waals surface area contributed by atoms with Crippen LogP contribution in [0.1, 0.15) is 32.6 Å². The predicted octanol–water partition coefficient (Wildman–Crippen LogP) is 2.91. The number of aromatic nitrogens is 2. The van der Waals surface area contributed by atoms with E-state index in [2.05, 4.69) is 10.2 Å². The number of carbonyl (C=O) groups is 1. The average molecular weight is 315 g/mol. The summed E-state index contributed by atoms with van der Waals surface area (Å²) < 4.78 is 10.9. The first-order valence-electron chi connectivity index (χ1n) is 8.06. The molecule has 2 heterocycles. The van der Waals surface area contributed by atoms with Gasteiger partial charge in [0.15, 0.2) is 6.10 Å². The number of ether oxygens (including phenoxy) is 1. The zero-order valence-corrected chi connectivity index (χ0v) is 13.3. The largest absolute Gasteiger partial charge is 0.481 e. The van der Waals surface area contributed by atoms with E-state index in [1.165, 1.54) is 19.2 Å². The van der Waals surface area contributed by atoms with Crippen LogP contribution in [0.2, 0.25) is 0 Å². The molecule has 1 fully saturated rings. The van der Waals surface area contributed by atoms with Crippen LogP contribution in [0.4, 0.5) is 0 Å². The molecule has 3 rings (SSSR count). The smallest absolute Gasteiger partial charge is 0.263 e. The summed E-state index contributed by atoms with van der Waals surface area (Å²) in [6.45, 7) is 3.48. The highest BCUT2D eigenvalue weighted by atomic mass is 16.5. The van der Waals surface area contributed by atoms with Crippen molar-refractivity contribution in [2.75, 3.05) is 13.1 Å². The number of carbonyl (C=O) groups excluding carboxylic acids is 1. The molecule has 1 amide bonds.